The molecule has 25 heavy (non-hydrogen) atoms. The Labute approximate surface area is 147 Å². The van der Waals surface area contributed by atoms with Crippen LogP contribution in [0.15, 0.2) is 60.7 Å². The number of hydrogen-bond acceptors (Lipinski definition) is 3. The maximum atomic E-state index is 12.7. The fourth-order valence-corrected chi connectivity index (χ4v) is 2.97. The van der Waals surface area contributed by atoms with E-state index in [-0.39, 0.29) is 5.91 Å². The maximum absolute atomic E-state index is 12.7. The van der Waals surface area contributed by atoms with Crippen molar-refractivity contribution in [3.8, 4) is 0 Å². The number of nitrogens with zero attached hydrogens (tertiary/aromatic N) is 1. The number of carbonyl (C=O) groups is 2. The zero-order valence-corrected chi connectivity index (χ0v) is 14.2. The number of aryl methyl sites for hydroxylation is 1. The number of esters is 1. The highest BCUT2D eigenvalue weighted by Gasteiger charge is 2.27. The summed E-state index contributed by atoms with van der Waals surface area (Å²) in [4.78, 5) is 26.4. The molecule has 0 fully saturated rings. The van der Waals surface area contributed by atoms with Crippen LogP contribution in [0.2, 0.25) is 0 Å². The number of fused-ring (bicyclic) bond motifs is 1. The second-order valence-electron chi connectivity index (χ2n) is 6.05. The van der Waals surface area contributed by atoms with Gasteiger partial charge < -0.3 is 9.64 Å². The monoisotopic (exact) mass is 335 g/mol. The summed E-state index contributed by atoms with van der Waals surface area (Å²) in [5.41, 5.74) is 2.98. The molecule has 0 aromatic heterocycles. The molecule has 0 radical (unpaired) electrons. The minimum absolute atomic E-state index is 0.186. The van der Waals surface area contributed by atoms with Crippen LogP contribution in [-0.2, 0) is 20.7 Å². The number of hydrogen-bond donors (Lipinski definition) is 0. The van der Waals surface area contributed by atoms with E-state index in [1.165, 1.54) is 6.08 Å². The molecule has 0 aliphatic carbocycles. The van der Waals surface area contributed by atoms with Gasteiger partial charge in [-0.05, 0) is 43.0 Å². The van der Waals surface area contributed by atoms with Crippen LogP contribution in [0.4, 0.5) is 5.69 Å². The third-order valence-corrected chi connectivity index (χ3v) is 4.23. The molecule has 1 amide bonds. The molecular formula is C21H21NO3. The van der Waals surface area contributed by atoms with E-state index in [4.69, 9.17) is 4.74 Å². The average Bonchev–Trinajstić information content (AvgIpc) is 2.66. The van der Waals surface area contributed by atoms with Crippen LogP contribution in [0.3, 0.4) is 0 Å². The summed E-state index contributed by atoms with van der Waals surface area (Å²) in [6, 6.07) is 17.4. The van der Waals surface area contributed by atoms with Crippen LogP contribution in [0.25, 0.3) is 6.08 Å². The number of benzene rings is 2. The summed E-state index contributed by atoms with van der Waals surface area (Å²) < 4.78 is 5.29. The van der Waals surface area contributed by atoms with E-state index < -0.39 is 12.1 Å². The van der Waals surface area contributed by atoms with Crippen LogP contribution < -0.4 is 4.90 Å². The molecule has 0 saturated carbocycles. The Morgan fingerprint density at radius 3 is 2.60 bits per heavy atom. The lowest BCUT2D eigenvalue weighted by Gasteiger charge is -2.31. The van der Waals surface area contributed by atoms with Gasteiger partial charge in [-0.15, -0.1) is 0 Å². The van der Waals surface area contributed by atoms with Gasteiger partial charge in [-0.25, -0.2) is 4.79 Å². The molecule has 0 spiro atoms. The summed E-state index contributed by atoms with van der Waals surface area (Å²) in [6.07, 6.45) is 4.09. The normalized spacial score (nSPS) is 14.8. The summed E-state index contributed by atoms with van der Waals surface area (Å²) in [5.74, 6) is -0.705. The van der Waals surface area contributed by atoms with Crippen LogP contribution >= 0.6 is 0 Å². The Balaban J connectivity index is 1.63. The predicted molar refractivity (Wildman–Crippen MR) is 98.1 cm³/mol. The molecule has 0 N–H and O–H groups in total. The highest BCUT2D eigenvalue weighted by molar-refractivity contribution is 5.99. The van der Waals surface area contributed by atoms with Gasteiger partial charge in [0.25, 0.3) is 5.91 Å². The first kappa shape index (κ1) is 17.0. The van der Waals surface area contributed by atoms with Crippen molar-refractivity contribution in [1.82, 2.24) is 0 Å². The lowest BCUT2D eigenvalue weighted by Crippen LogP contribution is -2.42. The number of carbonyl (C=O) groups excluding carboxylic acids is 2. The van der Waals surface area contributed by atoms with E-state index in [1.807, 2.05) is 54.6 Å². The Kier molecular flexibility index (Phi) is 5.29. The van der Waals surface area contributed by atoms with E-state index >= 15 is 0 Å². The Morgan fingerprint density at radius 2 is 1.80 bits per heavy atom. The average molecular weight is 335 g/mol. The molecule has 0 bridgehead atoms. The highest BCUT2D eigenvalue weighted by Crippen LogP contribution is 2.27. The molecule has 1 aliphatic heterocycles. The zero-order valence-electron chi connectivity index (χ0n) is 14.2. The smallest absolute Gasteiger partial charge is 0.331 e. The van der Waals surface area contributed by atoms with E-state index in [0.29, 0.717) is 6.54 Å². The fourth-order valence-electron chi connectivity index (χ4n) is 2.97. The van der Waals surface area contributed by atoms with Gasteiger partial charge in [0.1, 0.15) is 0 Å². The van der Waals surface area contributed by atoms with Crippen molar-refractivity contribution in [2.45, 2.75) is 25.9 Å². The second-order valence-corrected chi connectivity index (χ2v) is 6.05. The summed E-state index contributed by atoms with van der Waals surface area (Å²) in [6.45, 7) is 2.27. The SMILES string of the molecule is CC(OC(=O)/C=C/c1ccccc1)C(=O)N1CCCc2ccccc21. The predicted octanol–water partition coefficient (Wildman–Crippen LogP) is 3.61. The molecule has 0 saturated heterocycles. The third kappa shape index (κ3) is 4.15. The van der Waals surface area contributed by atoms with Crippen molar-refractivity contribution in [1.29, 1.82) is 0 Å². The first-order valence-corrected chi connectivity index (χ1v) is 8.48. The number of para-hydroxylation sites is 1. The number of rotatable bonds is 4. The van der Waals surface area contributed by atoms with Crippen LogP contribution in [0, 0.1) is 0 Å². The van der Waals surface area contributed by atoms with Crippen molar-refractivity contribution in [2.75, 3.05) is 11.4 Å². The topological polar surface area (TPSA) is 46.6 Å². The number of anilines is 1. The molecular weight excluding hydrogens is 314 g/mol. The van der Waals surface area contributed by atoms with Crippen molar-refractivity contribution in [2.24, 2.45) is 0 Å². The van der Waals surface area contributed by atoms with Crippen molar-refractivity contribution in [3.05, 3.63) is 71.8 Å². The Morgan fingerprint density at radius 1 is 1.08 bits per heavy atom. The van der Waals surface area contributed by atoms with Gasteiger partial charge in [0.05, 0.1) is 0 Å². The van der Waals surface area contributed by atoms with E-state index in [0.717, 1.165) is 29.7 Å². The highest BCUT2D eigenvalue weighted by atomic mass is 16.5. The fraction of sp³-hybridized carbons (Fsp3) is 0.238. The van der Waals surface area contributed by atoms with Gasteiger partial charge in [-0.2, -0.15) is 0 Å². The van der Waals surface area contributed by atoms with Gasteiger partial charge in [-0.1, -0.05) is 48.5 Å². The molecule has 1 atom stereocenters. The van der Waals surface area contributed by atoms with Crippen LogP contribution in [0.1, 0.15) is 24.5 Å². The number of amides is 1. The molecule has 1 heterocycles. The van der Waals surface area contributed by atoms with Crippen molar-refractivity contribution in [3.63, 3.8) is 0 Å². The van der Waals surface area contributed by atoms with Gasteiger partial charge in [0.15, 0.2) is 6.10 Å². The van der Waals surface area contributed by atoms with E-state index in [2.05, 4.69) is 0 Å². The summed E-state index contributed by atoms with van der Waals surface area (Å²) in [5, 5.41) is 0. The largest absolute Gasteiger partial charge is 0.449 e. The van der Waals surface area contributed by atoms with E-state index in [1.54, 1.807) is 17.9 Å². The first-order chi connectivity index (χ1) is 12.1. The molecule has 3 rings (SSSR count). The minimum Gasteiger partial charge on any atom is -0.449 e. The van der Waals surface area contributed by atoms with Crippen molar-refractivity contribution < 1.29 is 14.3 Å². The summed E-state index contributed by atoms with van der Waals surface area (Å²) >= 11 is 0. The number of ether oxygens (including phenoxy) is 1. The maximum Gasteiger partial charge on any atom is 0.331 e. The van der Waals surface area contributed by atoms with Gasteiger partial charge in [0, 0.05) is 18.3 Å². The van der Waals surface area contributed by atoms with Gasteiger partial charge in [-0.3, -0.25) is 4.79 Å². The Hall–Kier alpha value is -2.88. The van der Waals surface area contributed by atoms with Gasteiger partial charge >= 0.3 is 5.97 Å². The van der Waals surface area contributed by atoms with Crippen LogP contribution in [0.5, 0.6) is 0 Å². The zero-order chi connectivity index (χ0) is 17.6. The molecule has 1 unspecified atom stereocenters. The summed E-state index contributed by atoms with van der Waals surface area (Å²) in [7, 11) is 0. The lowest BCUT2D eigenvalue weighted by molar-refractivity contribution is -0.149. The standard InChI is InChI=1S/C21H21NO3/c1-16(25-20(23)14-13-17-8-3-2-4-9-17)21(24)22-15-7-11-18-10-5-6-12-19(18)22/h2-6,8-10,12-14,16H,7,11,15H2,1H3/b14-13+. The Bertz CT molecular complexity index is 783. The van der Waals surface area contributed by atoms with Crippen molar-refractivity contribution >= 4 is 23.6 Å². The first-order valence-electron chi connectivity index (χ1n) is 8.48. The van der Waals surface area contributed by atoms with Gasteiger partial charge in [0.2, 0.25) is 0 Å². The lowest BCUT2D eigenvalue weighted by atomic mass is 10.0. The third-order valence-electron chi connectivity index (χ3n) is 4.23. The molecule has 128 valence electrons. The minimum atomic E-state index is -0.820. The molecule has 2 aromatic rings. The van der Waals surface area contributed by atoms with Crippen LogP contribution in [-0.4, -0.2) is 24.5 Å². The molecule has 4 nitrogen and oxygen atoms in total. The van der Waals surface area contributed by atoms with E-state index in [9.17, 15) is 9.59 Å². The molecule has 2 aromatic carbocycles. The molecule has 4 heteroatoms. The second kappa shape index (κ2) is 7.79. The quantitative estimate of drug-likeness (QED) is 0.633. The molecule has 1 aliphatic rings.